The number of likely N-dealkylation sites (tertiary alicyclic amines) is 1. The summed E-state index contributed by atoms with van der Waals surface area (Å²) >= 11 is 0. The molecule has 0 radical (unpaired) electrons. The molecular formula is C22H24N2O5. The summed E-state index contributed by atoms with van der Waals surface area (Å²) in [6.45, 7) is 2.30. The van der Waals surface area contributed by atoms with Crippen LogP contribution in [0.3, 0.4) is 0 Å². The SMILES string of the molecule is COC(=O)c1ccc(NC(=O)CN2CCC[C@@H]2c2ccc3c(c2)OCCO3)cc1. The zero-order valence-corrected chi connectivity index (χ0v) is 16.3. The van der Waals surface area contributed by atoms with Crippen molar-refractivity contribution < 1.29 is 23.8 Å². The molecule has 1 saturated heterocycles. The van der Waals surface area contributed by atoms with E-state index in [2.05, 4.69) is 21.0 Å². The van der Waals surface area contributed by atoms with E-state index < -0.39 is 5.97 Å². The molecule has 152 valence electrons. The largest absolute Gasteiger partial charge is 0.486 e. The van der Waals surface area contributed by atoms with E-state index in [1.54, 1.807) is 24.3 Å². The van der Waals surface area contributed by atoms with Crippen molar-refractivity contribution in [2.75, 3.05) is 38.7 Å². The molecule has 1 N–H and O–H groups in total. The van der Waals surface area contributed by atoms with Gasteiger partial charge < -0.3 is 19.5 Å². The first-order chi connectivity index (χ1) is 14.1. The quantitative estimate of drug-likeness (QED) is 0.783. The Labute approximate surface area is 169 Å². The Morgan fingerprint density at radius 2 is 1.86 bits per heavy atom. The number of methoxy groups -OCH3 is 1. The number of rotatable bonds is 5. The van der Waals surface area contributed by atoms with Crippen LogP contribution in [0, 0.1) is 0 Å². The van der Waals surface area contributed by atoms with Gasteiger partial charge in [0, 0.05) is 11.7 Å². The first kappa shape index (κ1) is 19.3. The number of anilines is 1. The van der Waals surface area contributed by atoms with Crippen molar-refractivity contribution in [2.45, 2.75) is 18.9 Å². The number of amides is 1. The smallest absolute Gasteiger partial charge is 0.337 e. The van der Waals surface area contributed by atoms with Crippen molar-refractivity contribution >= 4 is 17.6 Å². The third-order valence-electron chi connectivity index (χ3n) is 5.25. The number of carbonyl (C=O) groups is 2. The zero-order chi connectivity index (χ0) is 20.2. The third kappa shape index (κ3) is 4.35. The van der Waals surface area contributed by atoms with Crippen molar-refractivity contribution in [2.24, 2.45) is 0 Å². The average Bonchev–Trinajstić information content (AvgIpc) is 3.21. The summed E-state index contributed by atoms with van der Waals surface area (Å²) in [7, 11) is 1.34. The van der Waals surface area contributed by atoms with Crippen molar-refractivity contribution in [1.29, 1.82) is 0 Å². The molecule has 2 aromatic rings. The normalized spacial score (nSPS) is 18.3. The highest BCUT2D eigenvalue weighted by Gasteiger charge is 2.28. The van der Waals surface area contributed by atoms with Gasteiger partial charge in [-0.05, 0) is 61.3 Å². The molecule has 0 bridgehead atoms. The van der Waals surface area contributed by atoms with E-state index in [4.69, 9.17) is 9.47 Å². The standard InChI is InChI=1S/C22H24N2O5/c1-27-22(26)15-4-7-17(8-5-15)23-21(25)14-24-10-2-3-18(24)16-6-9-19-20(13-16)29-12-11-28-19/h4-9,13,18H,2-3,10-12,14H2,1H3,(H,23,25)/t18-/m1/s1. The number of benzene rings is 2. The van der Waals surface area contributed by atoms with Crippen LogP contribution in [0.4, 0.5) is 5.69 Å². The maximum Gasteiger partial charge on any atom is 0.337 e. The third-order valence-corrected chi connectivity index (χ3v) is 5.25. The molecule has 2 aromatic carbocycles. The highest BCUT2D eigenvalue weighted by atomic mass is 16.6. The lowest BCUT2D eigenvalue weighted by atomic mass is 10.0. The van der Waals surface area contributed by atoms with Crippen LogP contribution in [0.2, 0.25) is 0 Å². The number of hydrogen-bond acceptors (Lipinski definition) is 6. The lowest BCUT2D eigenvalue weighted by molar-refractivity contribution is -0.117. The molecule has 2 heterocycles. The first-order valence-corrected chi connectivity index (χ1v) is 9.76. The lowest BCUT2D eigenvalue weighted by Crippen LogP contribution is -2.33. The topological polar surface area (TPSA) is 77.1 Å². The van der Waals surface area contributed by atoms with Crippen LogP contribution in [0.15, 0.2) is 42.5 Å². The van der Waals surface area contributed by atoms with Gasteiger partial charge in [0.2, 0.25) is 5.91 Å². The molecule has 0 spiro atoms. The minimum atomic E-state index is -0.401. The van der Waals surface area contributed by atoms with Gasteiger partial charge >= 0.3 is 5.97 Å². The molecule has 1 fully saturated rings. The van der Waals surface area contributed by atoms with Crippen LogP contribution < -0.4 is 14.8 Å². The second-order valence-electron chi connectivity index (χ2n) is 7.15. The summed E-state index contributed by atoms with van der Waals surface area (Å²) in [5.74, 6) is 1.07. The van der Waals surface area contributed by atoms with Gasteiger partial charge in [0.05, 0.1) is 19.2 Å². The summed E-state index contributed by atoms with van der Waals surface area (Å²) in [6, 6.07) is 12.9. The molecule has 0 unspecified atom stereocenters. The molecule has 7 nitrogen and oxygen atoms in total. The molecule has 0 aromatic heterocycles. The summed E-state index contributed by atoms with van der Waals surface area (Å²) in [4.78, 5) is 26.3. The highest BCUT2D eigenvalue weighted by molar-refractivity contribution is 5.94. The Hall–Kier alpha value is -3.06. The molecule has 0 aliphatic carbocycles. The van der Waals surface area contributed by atoms with Crippen LogP contribution in [0.5, 0.6) is 11.5 Å². The zero-order valence-electron chi connectivity index (χ0n) is 16.3. The Bertz CT molecular complexity index is 897. The number of carbonyl (C=O) groups excluding carboxylic acids is 2. The molecule has 4 rings (SSSR count). The van der Waals surface area contributed by atoms with Crippen molar-refractivity contribution in [3.05, 3.63) is 53.6 Å². The maximum absolute atomic E-state index is 12.6. The molecule has 1 atom stereocenters. The van der Waals surface area contributed by atoms with E-state index in [-0.39, 0.29) is 11.9 Å². The predicted molar refractivity (Wildman–Crippen MR) is 107 cm³/mol. The number of esters is 1. The van der Waals surface area contributed by atoms with Gasteiger partial charge in [-0.25, -0.2) is 4.79 Å². The highest BCUT2D eigenvalue weighted by Crippen LogP contribution is 2.37. The van der Waals surface area contributed by atoms with Crippen LogP contribution in [-0.4, -0.2) is 50.2 Å². The van der Waals surface area contributed by atoms with Crippen molar-refractivity contribution in [3.63, 3.8) is 0 Å². The van der Waals surface area contributed by atoms with Crippen molar-refractivity contribution in [1.82, 2.24) is 4.90 Å². The van der Waals surface area contributed by atoms with Crippen LogP contribution in [0.25, 0.3) is 0 Å². The monoisotopic (exact) mass is 396 g/mol. The van der Waals surface area contributed by atoms with E-state index in [9.17, 15) is 9.59 Å². The van der Waals surface area contributed by atoms with Gasteiger partial charge in [-0.15, -0.1) is 0 Å². The number of nitrogens with zero attached hydrogens (tertiary/aromatic N) is 1. The number of fused-ring (bicyclic) bond motifs is 1. The van der Waals surface area contributed by atoms with E-state index in [1.165, 1.54) is 7.11 Å². The Morgan fingerprint density at radius 1 is 1.10 bits per heavy atom. The molecule has 29 heavy (non-hydrogen) atoms. The summed E-state index contributed by atoms with van der Waals surface area (Å²) in [6.07, 6.45) is 2.04. The fraction of sp³-hybridized carbons (Fsp3) is 0.364. The lowest BCUT2D eigenvalue weighted by Gasteiger charge is -2.26. The van der Waals surface area contributed by atoms with Gasteiger partial charge in [-0.1, -0.05) is 6.07 Å². The Morgan fingerprint density at radius 3 is 2.62 bits per heavy atom. The van der Waals surface area contributed by atoms with E-state index >= 15 is 0 Å². The van der Waals surface area contributed by atoms with Gasteiger partial charge in [0.15, 0.2) is 11.5 Å². The summed E-state index contributed by atoms with van der Waals surface area (Å²) in [5.41, 5.74) is 2.24. The second kappa shape index (κ2) is 8.53. The van der Waals surface area contributed by atoms with Gasteiger partial charge in [0.1, 0.15) is 13.2 Å². The summed E-state index contributed by atoms with van der Waals surface area (Å²) < 4.78 is 16.0. The molecular weight excluding hydrogens is 372 g/mol. The van der Waals surface area contributed by atoms with Crippen LogP contribution in [0.1, 0.15) is 34.8 Å². The van der Waals surface area contributed by atoms with Gasteiger partial charge in [-0.2, -0.15) is 0 Å². The molecule has 7 heteroatoms. The molecule has 2 aliphatic heterocycles. The Balaban J connectivity index is 1.39. The van der Waals surface area contributed by atoms with Crippen LogP contribution >= 0.6 is 0 Å². The van der Waals surface area contributed by atoms with E-state index in [0.29, 0.717) is 31.0 Å². The average molecular weight is 396 g/mol. The second-order valence-corrected chi connectivity index (χ2v) is 7.15. The van der Waals surface area contributed by atoms with Gasteiger partial charge in [0.25, 0.3) is 0 Å². The van der Waals surface area contributed by atoms with E-state index in [0.717, 1.165) is 36.4 Å². The fourth-order valence-electron chi connectivity index (χ4n) is 3.85. The number of nitrogens with one attached hydrogen (secondary N) is 1. The van der Waals surface area contributed by atoms with Crippen LogP contribution in [-0.2, 0) is 9.53 Å². The van der Waals surface area contributed by atoms with E-state index in [1.807, 2.05) is 12.1 Å². The first-order valence-electron chi connectivity index (χ1n) is 9.76. The molecule has 1 amide bonds. The Kier molecular flexibility index (Phi) is 5.67. The maximum atomic E-state index is 12.6. The minimum Gasteiger partial charge on any atom is -0.486 e. The fourth-order valence-corrected chi connectivity index (χ4v) is 3.85. The molecule has 2 aliphatic rings. The number of ether oxygens (including phenoxy) is 3. The molecule has 0 saturated carbocycles. The number of hydrogen-bond donors (Lipinski definition) is 1. The van der Waals surface area contributed by atoms with Gasteiger partial charge in [-0.3, -0.25) is 9.69 Å². The summed E-state index contributed by atoms with van der Waals surface area (Å²) in [5, 5.41) is 2.90. The van der Waals surface area contributed by atoms with Crippen molar-refractivity contribution in [3.8, 4) is 11.5 Å². The predicted octanol–water partition coefficient (Wildman–Crippen LogP) is 3.02. The minimum absolute atomic E-state index is 0.0831.